The van der Waals surface area contributed by atoms with Crippen molar-refractivity contribution in [2.24, 2.45) is 0 Å². The molecule has 0 spiro atoms. The molecule has 5 heteroatoms. The molecule has 1 aromatic carbocycles. The highest BCUT2D eigenvalue weighted by atomic mass is 16.5. The van der Waals surface area contributed by atoms with Crippen LogP contribution in [0.1, 0.15) is 30.6 Å². The summed E-state index contributed by atoms with van der Waals surface area (Å²) in [5.41, 5.74) is 7.76. The predicted molar refractivity (Wildman–Crippen MR) is 74.9 cm³/mol. The van der Waals surface area contributed by atoms with E-state index in [1.54, 1.807) is 18.2 Å². The van der Waals surface area contributed by atoms with Gasteiger partial charge >= 0.3 is 5.97 Å². The number of hydrogen-bond acceptors (Lipinski definition) is 5. The summed E-state index contributed by atoms with van der Waals surface area (Å²) in [6, 6.07) is 7.32. The van der Waals surface area contributed by atoms with Crippen molar-refractivity contribution in [3.8, 4) is 6.07 Å². The maximum absolute atomic E-state index is 11.5. The molecule has 0 aromatic heterocycles. The topological polar surface area (TPSA) is 79.3 Å². The Morgan fingerprint density at radius 3 is 2.74 bits per heavy atom. The van der Waals surface area contributed by atoms with E-state index in [9.17, 15) is 4.79 Å². The van der Waals surface area contributed by atoms with Crippen LogP contribution in [-0.4, -0.2) is 25.7 Å². The Hall–Kier alpha value is -2.22. The number of benzene rings is 1. The minimum Gasteiger partial charge on any atom is -0.465 e. The fourth-order valence-electron chi connectivity index (χ4n) is 1.86. The molecule has 2 N–H and O–H groups in total. The quantitative estimate of drug-likeness (QED) is 0.649. The molecule has 19 heavy (non-hydrogen) atoms. The van der Waals surface area contributed by atoms with Crippen LogP contribution in [0.5, 0.6) is 0 Å². The second-order valence-corrected chi connectivity index (χ2v) is 4.46. The number of nitrogens with two attached hydrogens (primary N) is 1. The number of ether oxygens (including phenoxy) is 1. The van der Waals surface area contributed by atoms with E-state index in [2.05, 4.69) is 6.07 Å². The Bertz CT molecular complexity index is 492. The molecule has 1 aromatic rings. The van der Waals surface area contributed by atoms with Gasteiger partial charge < -0.3 is 15.4 Å². The van der Waals surface area contributed by atoms with E-state index in [0.717, 1.165) is 5.69 Å². The first-order valence-corrected chi connectivity index (χ1v) is 6.12. The van der Waals surface area contributed by atoms with Crippen LogP contribution in [0.3, 0.4) is 0 Å². The predicted octanol–water partition coefficient (Wildman–Crippen LogP) is 2.18. The van der Waals surface area contributed by atoms with Crippen molar-refractivity contribution in [3.63, 3.8) is 0 Å². The van der Waals surface area contributed by atoms with Crippen LogP contribution in [0, 0.1) is 11.3 Å². The number of nitriles is 1. The molecule has 0 unspecified atom stereocenters. The average molecular weight is 261 g/mol. The molecule has 0 saturated heterocycles. The average Bonchev–Trinajstić information content (AvgIpc) is 2.39. The summed E-state index contributed by atoms with van der Waals surface area (Å²) in [5.74, 6) is -0.398. The molecule has 102 valence electrons. The van der Waals surface area contributed by atoms with Gasteiger partial charge in [-0.25, -0.2) is 4.79 Å². The molecule has 0 aliphatic carbocycles. The highest BCUT2D eigenvalue weighted by Gasteiger charge is 2.16. The summed E-state index contributed by atoms with van der Waals surface area (Å²) in [4.78, 5) is 13.6. The summed E-state index contributed by atoms with van der Waals surface area (Å²) in [5, 5.41) is 8.71. The lowest BCUT2D eigenvalue weighted by Gasteiger charge is -2.29. The van der Waals surface area contributed by atoms with Crippen molar-refractivity contribution in [1.29, 1.82) is 5.26 Å². The number of hydrogen-bond donors (Lipinski definition) is 1. The molecule has 0 amide bonds. The van der Waals surface area contributed by atoms with Gasteiger partial charge in [0.2, 0.25) is 0 Å². The van der Waals surface area contributed by atoms with E-state index in [1.807, 2.05) is 18.7 Å². The molecule has 5 nitrogen and oxygen atoms in total. The molecular weight excluding hydrogens is 242 g/mol. The lowest BCUT2D eigenvalue weighted by molar-refractivity contribution is 0.0601. The van der Waals surface area contributed by atoms with Gasteiger partial charge in [0.25, 0.3) is 0 Å². The van der Waals surface area contributed by atoms with Gasteiger partial charge in [0.1, 0.15) is 0 Å². The molecule has 1 rings (SSSR count). The van der Waals surface area contributed by atoms with Gasteiger partial charge in [-0.1, -0.05) is 0 Å². The van der Waals surface area contributed by atoms with Gasteiger partial charge in [0, 0.05) is 12.6 Å². The lowest BCUT2D eigenvalue weighted by Crippen LogP contribution is -2.32. The Kier molecular flexibility index (Phi) is 5.19. The first kappa shape index (κ1) is 14.8. The van der Waals surface area contributed by atoms with Crippen LogP contribution >= 0.6 is 0 Å². The first-order chi connectivity index (χ1) is 9.01. The van der Waals surface area contributed by atoms with Crippen molar-refractivity contribution in [3.05, 3.63) is 23.8 Å². The Labute approximate surface area is 113 Å². The number of methoxy groups -OCH3 is 1. The first-order valence-electron chi connectivity index (χ1n) is 6.12. The number of nitrogen functional groups attached to an aromatic ring is 1. The highest BCUT2D eigenvalue weighted by Crippen LogP contribution is 2.27. The van der Waals surface area contributed by atoms with Crippen LogP contribution in [0.15, 0.2) is 18.2 Å². The van der Waals surface area contributed by atoms with Gasteiger partial charge in [0.05, 0.1) is 36.5 Å². The third-order valence-corrected chi connectivity index (χ3v) is 2.85. The highest BCUT2D eigenvalue weighted by molar-refractivity contribution is 5.92. The molecule has 0 fully saturated rings. The molecule has 0 heterocycles. The largest absolute Gasteiger partial charge is 0.465 e. The minimum absolute atomic E-state index is 0.184. The summed E-state index contributed by atoms with van der Waals surface area (Å²) in [6.45, 7) is 4.60. The number of rotatable bonds is 5. The molecular formula is C14H19N3O2. The number of nitrogens with zero attached hydrogens (tertiary/aromatic N) is 2. The van der Waals surface area contributed by atoms with Gasteiger partial charge in [0.15, 0.2) is 0 Å². The van der Waals surface area contributed by atoms with E-state index in [1.165, 1.54) is 7.11 Å². The Balaban J connectivity index is 3.14. The fourth-order valence-corrected chi connectivity index (χ4v) is 1.86. The summed E-state index contributed by atoms with van der Waals surface area (Å²) in [6.07, 6.45) is 0.403. The van der Waals surface area contributed by atoms with Crippen molar-refractivity contribution in [2.75, 3.05) is 24.3 Å². The molecule has 0 saturated carbocycles. The number of anilines is 2. The minimum atomic E-state index is -0.398. The second-order valence-electron chi connectivity index (χ2n) is 4.46. The third kappa shape index (κ3) is 3.62. The maximum Gasteiger partial charge on any atom is 0.337 e. The van der Waals surface area contributed by atoms with Gasteiger partial charge in [-0.3, -0.25) is 0 Å². The smallest absolute Gasteiger partial charge is 0.337 e. The van der Waals surface area contributed by atoms with Gasteiger partial charge in [-0.2, -0.15) is 5.26 Å². The molecule has 0 atom stereocenters. The molecule has 0 radical (unpaired) electrons. The Morgan fingerprint density at radius 2 is 2.21 bits per heavy atom. The molecule has 0 aliphatic heterocycles. The number of esters is 1. The molecule has 0 aliphatic rings. The Morgan fingerprint density at radius 1 is 1.53 bits per heavy atom. The van der Waals surface area contributed by atoms with Crippen molar-refractivity contribution >= 4 is 17.3 Å². The standard InChI is InChI=1S/C14H19N3O2/c1-10(2)17(8-4-7-15)13-9-11(14(18)19-3)5-6-12(13)16/h5-6,9-10H,4,8,16H2,1-3H3. The second kappa shape index (κ2) is 6.64. The zero-order chi connectivity index (χ0) is 14.4. The van der Waals surface area contributed by atoms with Crippen molar-refractivity contribution in [2.45, 2.75) is 26.3 Å². The van der Waals surface area contributed by atoms with E-state index < -0.39 is 5.97 Å². The zero-order valence-electron chi connectivity index (χ0n) is 11.5. The van der Waals surface area contributed by atoms with Crippen LogP contribution in [-0.2, 0) is 4.74 Å². The summed E-state index contributed by atoms with van der Waals surface area (Å²) in [7, 11) is 1.34. The number of carbonyl (C=O) groups excluding carboxylic acids is 1. The van der Waals surface area contributed by atoms with E-state index in [4.69, 9.17) is 15.7 Å². The van der Waals surface area contributed by atoms with E-state index >= 15 is 0 Å². The normalized spacial score (nSPS) is 10.1. The molecule has 0 bridgehead atoms. The van der Waals surface area contributed by atoms with Crippen LogP contribution in [0.25, 0.3) is 0 Å². The number of carbonyl (C=O) groups is 1. The summed E-state index contributed by atoms with van der Waals surface area (Å²) >= 11 is 0. The SMILES string of the molecule is COC(=O)c1ccc(N)c(N(CCC#N)C(C)C)c1. The third-order valence-electron chi connectivity index (χ3n) is 2.85. The maximum atomic E-state index is 11.5. The fraction of sp³-hybridized carbons (Fsp3) is 0.429. The van der Waals surface area contributed by atoms with Crippen LogP contribution in [0.4, 0.5) is 11.4 Å². The lowest BCUT2D eigenvalue weighted by atomic mass is 10.1. The van der Waals surface area contributed by atoms with E-state index in [0.29, 0.717) is 24.2 Å². The zero-order valence-corrected chi connectivity index (χ0v) is 11.5. The van der Waals surface area contributed by atoms with E-state index in [-0.39, 0.29) is 6.04 Å². The van der Waals surface area contributed by atoms with Crippen molar-refractivity contribution < 1.29 is 9.53 Å². The van der Waals surface area contributed by atoms with Gasteiger partial charge in [-0.05, 0) is 32.0 Å². The van der Waals surface area contributed by atoms with Crippen LogP contribution in [0.2, 0.25) is 0 Å². The van der Waals surface area contributed by atoms with Gasteiger partial charge in [-0.15, -0.1) is 0 Å². The summed E-state index contributed by atoms with van der Waals surface area (Å²) < 4.78 is 4.70. The van der Waals surface area contributed by atoms with Crippen LogP contribution < -0.4 is 10.6 Å². The monoisotopic (exact) mass is 261 g/mol. The van der Waals surface area contributed by atoms with Crippen molar-refractivity contribution in [1.82, 2.24) is 0 Å².